The Balaban J connectivity index is 1.72. The third-order valence-corrected chi connectivity index (χ3v) is 3.91. The molecule has 1 amide bonds. The largest absolute Gasteiger partial charge is 0.378 e. The van der Waals surface area contributed by atoms with E-state index >= 15 is 0 Å². The molecule has 3 rings (SSSR count). The van der Waals surface area contributed by atoms with E-state index in [1.165, 1.54) is 0 Å². The number of carbonyl (C=O) groups excluding carboxylic acids is 1. The molecule has 2 aromatic rings. The Morgan fingerprint density at radius 3 is 2.35 bits per heavy atom. The van der Waals surface area contributed by atoms with Gasteiger partial charge in [-0.3, -0.25) is 4.79 Å². The summed E-state index contributed by atoms with van der Waals surface area (Å²) in [5.41, 5.74) is 3.35. The second kappa shape index (κ2) is 6.75. The molecule has 0 unspecified atom stereocenters. The number of hydrogen-bond acceptors (Lipinski definition) is 5. The van der Waals surface area contributed by atoms with E-state index < -0.39 is 0 Å². The summed E-state index contributed by atoms with van der Waals surface area (Å²) in [5.74, 6) is 0.438. The van der Waals surface area contributed by atoms with Crippen molar-refractivity contribution in [2.75, 3.05) is 36.5 Å². The van der Waals surface area contributed by atoms with Crippen molar-refractivity contribution in [2.45, 2.75) is 13.8 Å². The summed E-state index contributed by atoms with van der Waals surface area (Å²) in [6.07, 6.45) is 3.14. The van der Waals surface area contributed by atoms with E-state index in [0.29, 0.717) is 24.7 Å². The number of nitrogens with one attached hydrogen (secondary N) is 1. The number of para-hydroxylation sites is 1. The second-order valence-electron chi connectivity index (χ2n) is 5.59. The van der Waals surface area contributed by atoms with Crippen LogP contribution >= 0.6 is 0 Å². The molecule has 0 aliphatic carbocycles. The van der Waals surface area contributed by atoms with Crippen LogP contribution in [0.25, 0.3) is 0 Å². The van der Waals surface area contributed by atoms with E-state index in [0.717, 1.165) is 29.9 Å². The molecule has 1 saturated heterocycles. The lowest BCUT2D eigenvalue weighted by Crippen LogP contribution is -2.37. The molecule has 6 heteroatoms. The van der Waals surface area contributed by atoms with Gasteiger partial charge in [0.25, 0.3) is 5.91 Å². The van der Waals surface area contributed by atoms with E-state index in [1.807, 2.05) is 32.0 Å². The maximum absolute atomic E-state index is 12.4. The molecule has 1 aromatic heterocycles. The van der Waals surface area contributed by atoms with Gasteiger partial charge in [0.15, 0.2) is 0 Å². The number of aromatic nitrogens is 2. The van der Waals surface area contributed by atoms with Crippen LogP contribution in [0.15, 0.2) is 30.6 Å². The summed E-state index contributed by atoms with van der Waals surface area (Å²) in [6.45, 7) is 6.85. The van der Waals surface area contributed by atoms with Gasteiger partial charge >= 0.3 is 0 Å². The Morgan fingerprint density at radius 2 is 1.74 bits per heavy atom. The van der Waals surface area contributed by atoms with Crippen molar-refractivity contribution in [3.8, 4) is 0 Å². The van der Waals surface area contributed by atoms with Gasteiger partial charge in [0, 0.05) is 31.2 Å². The highest BCUT2D eigenvalue weighted by Crippen LogP contribution is 2.20. The molecule has 1 fully saturated rings. The zero-order chi connectivity index (χ0) is 16.2. The zero-order valence-electron chi connectivity index (χ0n) is 13.4. The molecule has 1 N–H and O–H groups in total. The van der Waals surface area contributed by atoms with Crippen molar-refractivity contribution in [3.63, 3.8) is 0 Å². The van der Waals surface area contributed by atoms with E-state index in [4.69, 9.17) is 4.74 Å². The van der Waals surface area contributed by atoms with E-state index in [-0.39, 0.29) is 5.91 Å². The lowest BCUT2D eigenvalue weighted by Gasteiger charge is -2.26. The average molecular weight is 312 g/mol. The van der Waals surface area contributed by atoms with Gasteiger partial charge in [-0.1, -0.05) is 18.2 Å². The Morgan fingerprint density at radius 1 is 1.13 bits per heavy atom. The van der Waals surface area contributed by atoms with Crippen molar-refractivity contribution in [2.24, 2.45) is 0 Å². The van der Waals surface area contributed by atoms with Gasteiger partial charge in [0.1, 0.15) is 0 Å². The van der Waals surface area contributed by atoms with Gasteiger partial charge in [0.2, 0.25) is 5.95 Å². The van der Waals surface area contributed by atoms with Crippen molar-refractivity contribution in [3.05, 3.63) is 47.3 Å². The van der Waals surface area contributed by atoms with Gasteiger partial charge in [-0.2, -0.15) is 0 Å². The van der Waals surface area contributed by atoms with Crippen LogP contribution in [0.4, 0.5) is 11.6 Å². The Labute approximate surface area is 135 Å². The van der Waals surface area contributed by atoms with Crippen LogP contribution in [0.2, 0.25) is 0 Å². The smallest absolute Gasteiger partial charge is 0.258 e. The highest BCUT2D eigenvalue weighted by molar-refractivity contribution is 6.04. The lowest BCUT2D eigenvalue weighted by atomic mass is 10.1. The van der Waals surface area contributed by atoms with Gasteiger partial charge in [-0.25, -0.2) is 9.97 Å². The molecule has 120 valence electrons. The molecular weight excluding hydrogens is 292 g/mol. The fourth-order valence-electron chi connectivity index (χ4n) is 2.56. The molecular formula is C17H20N4O2. The maximum Gasteiger partial charge on any atom is 0.258 e. The summed E-state index contributed by atoms with van der Waals surface area (Å²) in [7, 11) is 0. The number of anilines is 2. The first-order valence-corrected chi connectivity index (χ1v) is 7.67. The highest BCUT2D eigenvalue weighted by atomic mass is 16.5. The Hall–Kier alpha value is -2.47. The Kier molecular flexibility index (Phi) is 4.52. The van der Waals surface area contributed by atoms with Crippen molar-refractivity contribution in [1.29, 1.82) is 0 Å². The van der Waals surface area contributed by atoms with E-state index in [1.54, 1.807) is 12.4 Å². The summed E-state index contributed by atoms with van der Waals surface area (Å²) in [5, 5.41) is 2.94. The number of aryl methyl sites for hydroxylation is 2. The summed E-state index contributed by atoms with van der Waals surface area (Å²) in [6, 6.07) is 5.92. The zero-order valence-corrected chi connectivity index (χ0v) is 13.4. The van der Waals surface area contributed by atoms with Crippen LogP contribution in [0.1, 0.15) is 21.5 Å². The number of hydrogen-bond donors (Lipinski definition) is 1. The first-order chi connectivity index (χ1) is 11.1. The summed E-state index contributed by atoms with van der Waals surface area (Å²) in [4.78, 5) is 23.1. The van der Waals surface area contributed by atoms with Gasteiger partial charge in [0.05, 0.1) is 18.8 Å². The second-order valence-corrected chi connectivity index (χ2v) is 5.59. The molecule has 1 aromatic carbocycles. The quantitative estimate of drug-likeness (QED) is 0.941. The maximum atomic E-state index is 12.4. The highest BCUT2D eigenvalue weighted by Gasteiger charge is 2.15. The number of morpholine rings is 1. The van der Waals surface area contributed by atoms with Crippen molar-refractivity contribution in [1.82, 2.24) is 9.97 Å². The number of amides is 1. The SMILES string of the molecule is Cc1cccc(C)c1NC(=O)c1cnc(N2CCOCC2)nc1. The Bertz CT molecular complexity index is 674. The molecule has 6 nitrogen and oxygen atoms in total. The third kappa shape index (κ3) is 3.48. The molecule has 0 radical (unpaired) electrons. The molecule has 0 atom stereocenters. The minimum Gasteiger partial charge on any atom is -0.378 e. The minimum absolute atomic E-state index is 0.198. The minimum atomic E-state index is -0.198. The summed E-state index contributed by atoms with van der Waals surface area (Å²) >= 11 is 0. The lowest BCUT2D eigenvalue weighted by molar-refractivity contribution is 0.102. The van der Waals surface area contributed by atoms with E-state index in [2.05, 4.69) is 20.2 Å². The molecule has 0 saturated carbocycles. The fourth-order valence-corrected chi connectivity index (χ4v) is 2.56. The standard InChI is InChI=1S/C17H20N4O2/c1-12-4-3-5-13(2)15(12)20-16(22)14-10-18-17(19-11-14)21-6-8-23-9-7-21/h3-5,10-11H,6-9H2,1-2H3,(H,20,22). The molecule has 1 aliphatic rings. The fraction of sp³-hybridized carbons (Fsp3) is 0.353. The normalized spacial score (nSPS) is 14.6. The predicted molar refractivity (Wildman–Crippen MR) is 88.9 cm³/mol. The van der Waals surface area contributed by atoms with Crippen molar-refractivity contribution < 1.29 is 9.53 Å². The average Bonchev–Trinajstić information content (AvgIpc) is 2.59. The van der Waals surface area contributed by atoms with Crippen molar-refractivity contribution >= 4 is 17.5 Å². The number of nitrogens with zero attached hydrogens (tertiary/aromatic N) is 3. The van der Waals surface area contributed by atoms with Crippen LogP contribution in [0, 0.1) is 13.8 Å². The molecule has 23 heavy (non-hydrogen) atoms. The number of rotatable bonds is 3. The van der Waals surface area contributed by atoms with Crippen LogP contribution in [0.5, 0.6) is 0 Å². The molecule has 2 heterocycles. The van der Waals surface area contributed by atoms with Gasteiger partial charge in [-0.15, -0.1) is 0 Å². The first kappa shape index (κ1) is 15.4. The number of carbonyl (C=O) groups is 1. The van der Waals surface area contributed by atoms with Crippen LogP contribution < -0.4 is 10.2 Å². The topological polar surface area (TPSA) is 67.4 Å². The number of benzene rings is 1. The van der Waals surface area contributed by atoms with Crippen LogP contribution in [-0.2, 0) is 4.74 Å². The molecule has 0 bridgehead atoms. The van der Waals surface area contributed by atoms with E-state index in [9.17, 15) is 4.79 Å². The van der Waals surface area contributed by atoms with Crippen LogP contribution in [-0.4, -0.2) is 42.2 Å². The monoisotopic (exact) mass is 312 g/mol. The third-order valence-electron chi connectivity index (χ3n) is 3.91. The van der Waals surface area contributed by atoms with Gasteiger partial charge in [-0.05, 0) is 25.0 Å². The molecule has 0 spiro atoms. The summed E-state index contributed by atoms with van der Waals surface area (Å²) < 4.78 is 5.31. The molecule has 1 aliphatic heterocycles. The first-order valence-electron chi connectivity index (χ1n) is 7.67. The van der Waals surface area contributed by atoms with Gasteiger partial charge < -0.3 is 15.0 Å². The van der Waals surface area contributed by atoms with Crippen LogP contribution in [0.3, 0.4) is 0 Å². The predicted octanol–water partition coefficient (Wildman–Crippen LogP) is 2.18. The number of ether oxygens (including phenoxy) is 1.